The Kier molecular flexibility index (Phi) is 4.24. The molecule has 2 atom stereocenters. The van der Waals surface area contributed by atoms with Crippen LogP contribution in [-0.4, -0.2) is 38.8 Å². The van der Waals surface area contributed by atoms with E-state index in [-0.39, 0.29) is 17.9 Å². The number of aromatic nitrogens is 4. The van der Waals surface area contributed by atoms with Gasteiger partial charge in [-0.3, -0.25) is 9.89 Å². The minimum atomic E-state index is -0.159. The molecule has 1 aliphatic heterocycles. The SMILES string of the molecule is Cc1cc(C(=O)NC[C@@H]2CCCO[C@H]2c2nccn2C)n[nH]1. The largest absolute Gasteiger partial charge is 0.370 e. The van der Waals surface area contributed by atoms with Crippen LogP contribution in [0, 0.1) is 12.8 Å². The number of amides is 1. The second kappa shape index (κ2) is 6.31. The van der Waals surface area contributed by atoms with Crippen LogP contribution in [0.4, 0.5) is 0 Å². The number of hydrogen-bond acceptors (Lipinski definition) is 4. The number of imidazole rings is 1. The first-order valence-electron chi connectivity index (χ1n) is 7.54. The predicted octanol–water partition coefficient (Wildman–Crippen LogP) is 1.35. The molecule has 1 saturated heterocycles. The lowest BCUT2D eigenvalue weighted by Crippen LogP contribution is -2.36. The number of H-pyrrole nitrogens is 1. The van der Waals surface area contributed by atoms with Gasteiger partial charge in [-0.2, -0.15) is 5.10 Å². The van der Waals surface area contributed by atoms with E-state index >= 15 is 0 Å². The number of aromatic amines is 1. The fraction of sp³-hybridized carbons (Fsp3) is 0.533. The van der Waals surface area contributed by atoms with E-state index in [0.29, 0.717) is 12.2 Å². The molecule has 0 aromatic carbocycles. The van der Waals surface area contributed by atoms with Gasteiger partial charge in [0.2, 0.25) is 0 Å². The van der Waals surface area contributed by atoms with Crippen molar-refractivity contribution in [1.82, 2.24) is 25.1 Å². The standard InChI is InChI=1S/C15H21N5O2/c1-10-8-12(19-18-10)15(21)17-9-11-4-3-7-22-13(11)14-16-5-6-20(14)2/h5-6,8,11,13H,3-4,7,9H2,1-2H3,(H,17,21)(H,18,19)/t11-,13+/m0/s1. The lowest BCUT2D eigenvalue weighted by molar-refractivity contribution is -0.0337. The molecule has 2 aromatic heterocycles. The molecule has 1 fully saturated rings. The van der Waals surface area contributed by atoms with Crippen molar-refractivity contribution in [3.63, 3.8) is 0 Å². The van der Waals surface area contributed by atoms with Gasteiger partial charge in [0, 0.05) is 44.2 Å². The molecule has 0 radical (unpaired) electrons. The molecule has 22 heavy (non-hydrogen) atoms. The first kappa shape index (κ1) is 14.8. The molecule has 0 unspecified atom stereocenters. The van der Waals surface area contributed by atoms with Gasteiger partial charge in [0.05, 0.1) is 0 Å². The third-order valence-electron chi connectivity index (χ3n) is 4.02. The van der Waals surface area contributed by atoms with E-state index in [4.69, 9.17) is 4.74 Å². The van der Waals surface area contributed by atoms with Gasteiger partial charge in [0.15, 0.2) is 0 Å². The van der Waals surface area contributed by atoms with Crippen molar-refractivity contribution in [1.29, 1.82) is 0 Å². The van der Waals surface area contributed by atoms with Crippen molar-refractivity contribution in [3.8, 4) is 0 Å². The molecular formula is C15H21N5O2. The molecule has 1 amide bonds. The third-order valence-corrected chi connectivity index (χ3v) is 4.02. The van der Waals surface area contributed by atoms with Crippen LogP contribution in [0.1, 0.15) is 41.0 Å². The van der Waals surface area contributed by atoms with Crippen LogP contribution >= 0.6 is 0 Å². The van der Waals surface area contributed by atoms with Crippen LogP contribution < -0.4 is 5.32 Å². The molecule has 2 N–H and O–H groups in total. The quantitative estimate of drug-likeness (QED) is 0.893. The van der Waals surface area contributed by atoms with Gasteiger partial charge >= 0.3 is 0 Å². The molecule has 7 heteroatoms. The summed E-state index contributed by atoms with van der Waals surface area (Å²) in [4.78, 5) is 16.5. The topological polar surface area (TPSA) is 84.8 Å². The molecular weight excluding hydrogens is 282 g/mol. The average Bonchev–Trinajstić information content (AvgIpc) is 3.14. The molecule has 0 bridgehead atoms. The lowest BCUT2D eigenvalue weighted by Gasteiger charge is -2.31. The first-order chi connectivity index (χ1) is 10.6. The molecule has 7 nitrogen and oxygen atoms in total. The molecule has 1 aliphatic rings. The number of ether oxygens (including phenoxy) is 1. The Morgan fingerprint density at radius 1 is 1.59 bits per heavy atom. The van der Waals surface area contributed by atoms with E-state index in [1.165, 1.54) is 0 Å². The molecule has 3 rings (SSSR count). The first-order valence-corrected chi connectivity index (χ1v) is 7.54. The number of nitrogens with one attached hydrogen (secondary N) is 2. The Bertz CT molecular complexity index is 648. The molecule has 0 spiro atoms. The van der Waals surface area contributed by atoms with Gasteiger partial charge in [-0.15, -0.1) is 0 Å². The second-order valence-electron chi connectivity index (χ2n) is 5.74. The summed E-state index contributed by atoms with van der Waals surface area (Å²) in [7, 11) is 1.96. The van der Waals surface area contributed by atoms with Gasteiger partial charge in [0.25, 0.3) is 5.91 Å². The third kappa shape index (κ3) is 3.04. The zero-order chi connectivity index (χ0) is 15.5. The summed E-state index contributed by atoms with van der Waals surface area (Å²) >= 11 is 0. The Morgan fingerprint density at radius 3 is 3.14 bits per heavy atom. The van der Waals surface area contributed by atoms with E-state index in [1.807, 2.05) is 24.7 Å². The smallest absolute Gasteiger partial charge is 0.271 e. The maximum atomic E-state index is 12.1. The van der Waals surface area contributed by atoms with E-state index in [0.717, 1.165) is 31.0 Å². The van der Waals surface area contributed by atoms with Crippen LogP contribution in [0.2, 0.25) is 0 Å². The summed E-state index contributed by atoms with van der Waals surface area (Å²) in [5, 5.41) is 9.71. The minimum Gasteiger partial charge on any atom is -0.370 e. The maximum Gasteiger partial charge on any atom is 0.271 e. The van der Waals surface area contributed by atoms with Crippen molar-refractivity contribution < 1.29 is 9.53 Å². The average molecular weight is 303 g/mol. The predicted molar refractivity (Wildman–Crippen MR) is 80.3 cm³/mol. The van der Waals surface area contributed by atoms with Gasteiger partial charge in [-0.25, -0.2) is 4.98 Å². The van der Waals surface area contributed by atoms with Crippen LogP contribution in [0.5, 0.6) is 0 Å². The zero-order valence-electron chi connectivity index (χ0n) is 12.9. The number of carbonyl (C=O) groups is 1. The fourth-order valence-corrected chi connectivity index (χ4v) is 2.84. The number of carbonyl (C=O) groups excluding carboxylic acids is 1. The number of aryl methyl sites for hydroxylation is 2. The van der Waals surface area contributed by atoms with Gasteiger partial charge in [-0.05, 0) is 25.8 Å². The highest BCUT2D eigenvalue weighted by Gasteiger charge is 2.30. The van der Waals surface area contributed by atoms with E-state index in [9.17, 15) is 4.79 Å². The Labute approximate surface area is 129 Å². The molecule has 3 heterocycles. The van der Waals surface area contributed by atoms with Crippen molar-refractivity contribution in [2.75, 3.05) is 13.2 Å². The summed E-state index contributed by atoms with van der Waals surface area (Å²) in [6, 6.07) is 1.74. The lowest BCUT2D eigenvalue weighted by atomic mass is 9.93. The molecule has 0 saturated carbocycles. The van der Waals surface area contributed by atoms with Gasteiger partial charge in [0.1, 0.15) is 17.6 Å². The Balaban J connectivity index is 1.65. The van der Waals surface area contributed by atoms with Crippen LogP contribution in [0.25, 0.3) is 0 Å². The minimum absolute atomic E-state index is 0.0741. The highest BCUT2D eigenvalue weighted by atomic mass is 16.5. The molecule has 0 aliphatic carbocycles. The zero-order valence-corrected chi connectivity index (χ0v) is 12.9. The van der Waals surface area contributed by atoms with Gasteiger partial charge in [-0.1, -0.05) is 0 Å². The monoisotopic (exact) mass is 303 g/mol. The summed E-state index contributed by atoms with van der Waals surface area (Å²) in [5.41, 5.74) is 1.29. The molecule has 2 aromatic rings. The Morgan fingerprint density at radius 2 is 2.45 bits per heavy atom. The van der Waals surface area contributed by atoms with E-state index in [1.54, 1.807) is 12.3 Å². The van der Waals surface area contributed by atoms with Crippen molar-refractivity contribution in [3.05, 3.63) is 35.7 Å². The Hall–Kier alpha value is -2.15. The second-order valence-corrected chi connectivity index (χ2v) is 5.74. The van der Waals surface area contributed by atoms with Crippen molar-refractivity contribution in [2.24, 2.45) is 13.0 Å². The van der Waals surface area contributed by atoms with Crippen LogP contribution in [-0.2, 0) is 11.8 Å². The number of hydrogen-bond donors (Lipinski definition) is 2. The highest BCUT2D eigenvalue weighted by molar-refractivity contribution is 5.92. The fourth-order valence-electron chi connectivity index (χ4n) is 2.84. The summed E-state index contributed by atoms with van der Waals surface area (Å²) in [6.07, 6.45) is 5.63. The number of nitrogens with zero attached hydrogens (tertiary/aromatic N) is 3. The number of rotatable bonds is 4. The maximum absolute atomic E-state index is 12.1. The summed E-state index contributed by atoms with van der Waals surface area (Å²) in [6.45, 7) is 3.17. The van der Waals surface area contributed by atoms with Crippen molar-refractivity contribution in [2.45, 2.75) is 25.9 Å². The van der Waals surface area contributed by atoms with E-state index < -0.39 is 0 Å². The molecule has 118 valence electrons. The van der Waals surface area contributed by atoms with Crippen LogP contribution in [0.3, 0.4) is 0 Å². The highest BCUT2D eigenvalue weighted by Crippen LogP contribution is 2.32. The normalized spacial score (nSPS) is 21.7. The summed E-state index contributed by atoms with van der Waals surface area (Å²) in [5.74, 6) is 0.974. The van der Waals surface area contributed by atoms with E-state index in [2.05, 4.69) is 20.5 Å². The summed E-state index contributed by atoms with van der Waals surface area (Å²) < 4.78 is 7.88. The van der Waals surface area contributed by atoms with Crippen molar-refractivity contribution >= 4 is 5.91 Å². The van der Waals surface area contributed by atoms with Gasteiger partial charge < -0.3 is 14.6 Å². The van der Waals surface area contributed by atoms with Crippen LogP contribution in [0.15, 0.2) is 18.5 Å².